The lowest BCUT2D eigenvalue weighted by atomic mass is 10.1. The summed E-state index contributed by atoms with van der Waals surface area (Å²) >= 11 is 6.26. The van der Waals surface area contributed by atoms with Crippen molar-refractivity contribution in [2.24, 2.45) is 0 Å². The Morgan fingerprint density at radius 3 is 2.56 bits per heavy atom. The molecule has 2 aromatic heterocycles. The highest BCUT2D eigenvalue weighted by molar-refractivity contribution is 6.33. The Labute approximate surface area is 185 Å². The second kappa shape index (κ2) is 8.99. The molecule has 4 aromatic rings. The number of fused-ring (bicyclic) bond motifs is 1. The van der Waals surface area contributed by atoms with Crippen molar-refractivity contribution in [3.05, 3.63) is 81.6 Å². The van der Waals surface area contributed by atoms with E-state index in [1.165, 1.54) is 42.5 Å². The molecule has 0 fully saturated rings. The third kappa shape index (κ3) is 4.31. The van der Waals surface area contributed by atoms with Gasteiger partial charge in [0, 0.05) is 30.0 Å². The average molecular weight is 459 g/mol. The Bertz CT molecular complexity index is 1360. The number of rotatable bonds is 6. The first-order chi connectivity index (χ1) is 15.3. The lowest BCUT2D eigenvalue weighted by molar-refractivity contribution is -0.0423. The van der Waals surface area contributed by atoms with Crippen molar-refractivity contribution < 1.29 is 19.0 Å². The van der Waals surface area contributed by atoms with Gasteiger partial charge in [-0.05, 0) is 36.4 Å². The van der Waals surface area contributed by atoms with E-state index in [0.717, 1.165) is 10.6 Å². The highest BCUT2D eigenvalue weighted by Gasteiger charge is 2.18. The maximum absolute atomic E-state index is 14.6. The van der Waals surface area contributed by atoms with Gasteiger partial charge in [-0.15, -0.1) is 0 Å². The van der Waals surface area contributed by atoms with Gasteiger partial charge in [-0.3, -0.25) is 9.36 Å². The zero-order chi connectivity index (χ0) is 22.8. The minimum Gasteiger partial charge on any atom is -0.368 e. The van der Waals surface area contributed by atoms with Crippen LogP contribution in [0, 0.1) is 11.6 Å². The van der Waals surface area contributed by atoms with Gasteiger partial charge in [-0.25, -0.2) is 13.8 Å². The van der Waals surface area contributed by atoms with Crippen molar-refractivity contribution in [1.82, 2.24) is 14.5 Å². The number of benzene rings is 2. The van der Waals surface area contributed by atoms with Crippen LogP contribution < -0.4 is 10.9 Å². The third-order valence-electron chi connectivity index (χ3n) is 4.72. The van der Waals surface area contributed by atoms with Crippen LogP contribution in [0.25, 0.3) is 28.0 Å². The quantitative estimate of drug-likeness (QED) is 0.382. The normalized spacial score (nSPS) is 11.3. The molecule has 0 saturated heterocycles. The second-order valence-corrected chi connectivity index (χ2v) is 7.32. The number of nitrogens with zero attached hydrogens (tertiary/aromatic N) is 3. The minimum atomic E-state index is -1.54. The predicted molar refractivity (Wildman–Crippen MR) is 117 cm³/mol. The zero-order valence-electron chi connectivity index (χ0n) is 16.5. The molecule has 3 N–H and O–H groups in total. The van der Waals surface area contributed by atoms with Crippen LogP contribution in [0.1, 0.15) is 6.42 Å². The molecular formula is C22H17ClF2N4O3. The molecule has 2 heterocycles. The number of para-hydroxylation sites is 1. The van der Waals surface area contributed by atoms with E-state index in [0.29, 0.717) is 10.9 Å². The summed E-state index contributed by atoms with van der Waals surface area (Å²) in [6, 6.07) is 12.3. The van der Waals surface area contributed by atoms with Crippen LogP contribution in [0.15, 0.2) is 59.4 Å². The van der Waals surface area contributed by atoms with Crippen molar-refractivity contribution >= 4 is 28.6 Å². The van der Waals surface area contributed by atoms with Gasteiger partial charge in [0.2, 0.25) is 5.95 Å². The first kappa shape index (κ1) is 21.8. The van der Waals surface area contributed by atoms with Crippen LogP contribution in [0.2, 0.25) is 5.02 Å². The molecule has 4 rings (SSSR count). The molecule has 10 heteroatoms. The van der Waals surface area contributed by atoms with Gasteiger partial charge in [-0.2, -0.15) is 4.98 Å². The van der Waals surface area contributed by atoms with Crippen LogP contribution in [0.3, 0.4) is 0 Å². The zero-order valence-corrected chi connectivity index (χ0v) is 17.2. The number of halogens is 3. The van der Waals surface area contributed by atoms with Crippen molar-refractivity contribution in [2.75, 3.05) is 11.9 Å². The first-order valence-electron chi connectivity index (χ1n) is 9.59. The number of pyridine rings is 1. The molecule has 164 valence electrons. The van der Waals surface area contributed by atoms with Gasteiger partial charge in [0.1, 0.15) is 11.6 Å². The van der Waals surface area contributed by atoms with E-state index in [4.69, 9.17) is 21.8 Å². The first-order valence-corrected chi connectivity index (χ1v) is 9.97. The summed E-state index contributed by atoms with van der Waals surface area (Å²) in [4.78, 5) is 21.6. The van der Waals surface area contributed by atoms with Crippen molar-refractivity contribution in [1.29, 1.82) is 0 Å². The average Bonchev–Trinajstić information content (AvgIpc) is 2.74. The highest BCUT2D eigenvalue weighted by atomic mass is 35.5. The summed E-state index contributed by atoms with van der Waals surface area (Å²) in [5.41, 5.74) is 0.241. The maximum Gasteiger partial charge on any atom is 0.256 e. The SMILES string of the molecule is O=c1ccc2c(-c3ccc(F)cc3Cl)nc(NCCC(O)O)nc2n1-c1ccccc1F. The summed E-state index contributed by atoms with van der Waals surface area (Å²) in [6.07, 6.45) is -1.55. The molecule has 0 unspecified atom stereocenters. The topological polar surface area (TPSA) is 100 Å². The standard InChI is InChI=1S/C22H17ClF2N4O3/c23-15-11-12(24)5-6-13(15)20-14-7-8-18(30)29(17-4-2-1-3-16(17)25)21(14)28-22(27-20)26-10-9-19(31)32/h1-8,11,19,31-32H,9-10H2,(H,26,27,28). The maximum atomic E-state index is 14.6. The number of aliphatic hydroxyl groups excluding tert-OH is 1. The van der Waals surface area contributed by atoms with Gasteiger partial charge in [0.25, 0.3) is 5.56 Å². The number of hydrogen-bond acceptors (Lipinski definition) is 6. The van der Waals surface area contributed by atoms with E-state index in [-0.39, 0.29) is 41.0 Å². The number of aliphatic hydroxyl groups is 2. The minimum absolute atomic E-state index is 0.00492. The Kier molecular flexibility index (Phi) is 6.13. The Hall–Kier alpha value is -3.40. The van der Waals surface area contributed by atoms with Gasteiger partial charge >= 0.3 is 0 Å². The lowest BCUT2D eigenvalue weighted by Crippen LogP contribution is -2.21. The fraction of sp³-hybridized carbons (Fsp3) is 0.136. The molecule has 0 aliphatic rings. The van der Waals surface area contributed by atoms with E-state index >= 15 is 0 Å². The fourth-order valence-electron chi connectivity index (χ4n) is 3.26. The summed E-state index contributed by atoms with van der Waals surface area (Å²) in [5.74, 6) is -1.11. The molecule has 0 aliphatic carbocycles. The molecule has 0 bridgehead atoms. The molecule has 0 atom stereocenters. The van der Waals surface area contributed by atoms with E-state index in [1.807, 2.05) is 0 Å². The predicted octanol–water partition coefficient (Wildman–Crippen LogP) is 3.49. The smallest absolute Gasteiger partial charge is 0.256 e. The number of hydrogen-bond donors (Lipinski definition) is 3. The Morgan fingerprint density at radius 1 is 1.06 bits per heavy atom. The molecule has 0 spiro atoms. The molecule has 32 heavy (non-hydrogen) atoms. The molecular weight excluding hydrogens is 442 g/mol. The van der Waals surface area contributed by atoms with E-state index in [9.17, 15) is 13.6 Å². The molecule has 0 saturated carbocycles. The number of nitrogens with one attached hydrogen (secondary N) is 1. The summed E-state index contributed by atoms with van der Waals surface area (Å²) < 4.78 is 29.3. The van der Waals surface area contributed by atoms with Gasteiger partial charge in [0.05, 0.1) is 16.4 Å². The van der Waals surface area contributed by atoms with E-state index in [1.54, 1.807) is 6.07 Å². The van der Waals surface area contributed by atoms with Crippen LogP contribution in [-0.4, -0.2) is 37.6 Å². The lowest BCUT2D eigenvalue weighted by Gasteiger charge is -2.15. The summed E-state index contributed by atoms with van der Waals surface area (Å²) in [7, 11) is 0. The monoisotopic (exact) mass is 458 g/mol. The van der Waals surface area contributed by atoms with Gasteiger partial charge in [0.15, 0.2) is 11.9 Å². The third-order valence-corrected chi connectivity index (χ3v) is 5.03. The molecule has 0 aliphatic heterocycles. The summed E-state index contributed by atoms with van der Waals surface area (Å²) in [6.45, 7) is 0.108. The largest absolute Gasteiger partial charge is 0.368 e. The summed E-state index contributed by atoms with van der Waals surface area (Å²) in [5, 5.41) is 21.5. The van der Waals surface area contributed by atoms with Crippen molar-refractivity contribution in [3.63, 3.8) is 0 Å². The van der Waals surface area contributed by atoms with Crippen molar-refractivity contribution in [2.45, 2.75) is 12.7 Å². The van der Waals surface area contributed by atoms with Gasteiger partial charge < -0.3 is 15.5 Å². The van der Waals surface area contributed by atoms with Crippen LogP contribution in [0.5, 0.6) is 0 Å². The Balaban J connectivity index is 2.01. The highest BCUT2D eigenvalue weighted by Crippen LogP contribution is 2.33. The number of anilines is 1. The van der Waals surface area contributed by atoms with E-state index in [2.05, 4.69) is 15.3 Å². The molecule has 7 nitrogen and oxygen atoms in total. The molecule has 0 amide bonds. The van der Waals surface area contributed by atoms with Crippen LogP contribution in [-0.2, 0) is 0 Å². The molecule has 2 aromatic carbocycles. The Morgan fingerprint density at radius 2 is 1.84 bits per heavy atom. The van der Waals surface area contributed by atoms with Gasteiger partial charge in [-0.1, -0.05) is 23.7 Å². The molecule has 0 radical (unpaired) electrons. The fourth-order valence-corrected chi connectivity index (χ4v) is 3.52. The second-order valence-electron chi connectivity index (χ2n) is 6.91. The van der Waals surface area contributed by atoms with Crippen LogP contribution >= 0.6 is 11.6 Å². The number of aromatic nitrogens is 3. The van der Waals surface area contributed by atoms with E-state index < -0.39 is 23.5 Å². The van der Waals surface area contributed by atoms with Crippen molar-refractivity contribution in [3.8, 4) is 16.9 Å². The van der Waals surface area contributed by atoms with Crippen LogP contribution in [0.4, 0.5) is 14.7 Å².